The first-order valence-corrected chi connectivity index (χ1v) is 8.94. The first kappa shape index (κ1) is 20.1. The maximum absolute atomic E-state index is 14.4. The number of carbonyl (C=O) groups excluding carboxylic acids is 1. The van der Waals surface area contributed by atoms with Gasteiger partial charge in [0.25, 0.3) is 5.91 Å². The molecular formula is C20H21F4N3O. The highest BCUT2D eigenvalue weighted by Crippen LogP contribution is 2.32. The van der Waals surface area contributed by atoms with Crippen LogP contribution in [0.1, 0.15) is 22.8 Å². The van der Waals surface area contributed by atoms with Crippen LogP contribution < -0.4 is 10.6 Å². The monoisotopic (exact) mass is 395 g/mol. The van der Waals surface area contributed by atoms with Crippen molar-refractivity contribution in [1.29, 1.82) is 0 Å². The molecule has 0 spiro atoms. The molecule has 2 aromatic rings. The maximum Gasteiger partial charge on any atom is 0.256 e. The molecule has 0 aliphatic carbocycles. The van der Waals surface area contributed by atoms with Crippen molar-refractivity contribution in [2.45, 2.75) is 19.5 Å². The Morgan fingerprint density at radius 2 is 1.86 bits per heavy atom. The van der Waals surface area contributed by atoms with Crippen LogP contribution in [-0.4, -0.2) is 42.7 Å². The van der Waals surface area contributed by atoms with Crippen molar-refractivity contribution in [2.75, 3.05) is 31.5 Å². The SMILES string of the molecule is CCNCC1(F)CN(C(=O)c2ccc(F)c(F)c2Nc2ccc(C)cc2F)C1. The van der Waals surface area contributed by atoms with E-state index in [1.54, 1.807) is 13.0 Å². The molecule has 0 bridgehead atoms. The van der Waals surface area contributed by atoms with E-state index in [9.17, 15) is 22.4 Å². The summed E-state index contributed by atoms with van der Waals surface area (Å²) < 4.78 is 56.7. The summed E-state index contributed by atoms with van der Waals surface area (Å²) in [6, 6.07) is 6.13. The molecule has 0 radical (unpaired) electrons. The second-order valence-electron chi connectivity index (χ2n) is 6.98. The van der Waals surface area contributed by atoms with Crippen LogP contribution in [0, 0.1) is 24.4 Å². The minimum Gasteiger partial charge on any atom is -0.350 e. The van der Waals surface area contributed by atoms with E-state index in [0.29, 0.717) is 12.1 Å². The van der Waals surface area contributed by atoms with E-state index in [1.807, 2.05) is 6.92 Å². The lowest BCUT2D eigenvalue weighted by atomic mass is 9.94. The number of amides is 1. The van der Waals surface area contributed by atoms with Crippen molar-refractivity contribution in [1.82, 2.24) is 10.2 Å². The Bertz CT molecular complexity index is 897. The van der Waals surface area contributed by atoms with Gasteiger partial charge in [-0.3, -0.25) is 4.79 Å². The van der Waals surface area contributed by atoms with Crippen LogP contribution in [0.4, 0.5) is 28.9 Å². The Morgan fingerprint density at radius 1 is 1.14 bits per heavy atom. The van der Waals surface area contributed by atoms with Gasteiger partial charge in [0.05, 0.1) is 30.0 Å². The number of carbonyl (C=O) groups is 1. The van der Waals surface area contributed by atoms with Gasteiger partial charge in [0, 0.05) is 6.54 Å². The van der Waals surface area contributed by atoms with Crippen LogP contribution in [0.2, 0.25) is 0 Å². The smallest absolute Gasteiger partial charge is 0.256 e. The highest BCUT2D eigenvalue weighted by Gasteiger charge is 2.46. The Morgan fingerprint density at radius 3 is 2.50 bits per heavy atom. The summed E-state index contributed by atoms with van der Waals surface area (Å²) in [6.45, 7) is 3.91. The summed E-state index contributed by atoms with van der Waals surface area (Å²) in [4.78, 5) is 13.9. The molecule has 1 fully saturated rings. The van der Waals surface area contributed by atoms with Gasteiger partial charge in [-0.25, -0.2) is 17.6 Å². The topological polar surface area (TPSA) is 44.4 Å². The molecule has 3 rings (SSSR count). The number of aryl methyl sites for hydroxylation is 1. The lowest BCUT2D eigenvalue weighted by molar-refractivity contribution is -0.0182. The number of hydrogen-bond acceptors (Lipinski definition) is 3. The summed E-state index contributed by atoms with van der Waals surface area (Å²) in [6.07, 6.45) is 0. The summed E-state index contributed by atoms with van der Waals surface area (Å²) >= 11 is 0. The van der Waals surface area contributed by atoms with E-state index >= 15 is 0 Å². The van der Waals surface area contributed by atoms with Crippen molar-refractivity contribution >= 4 is 17.3 Å². The number of likely N-dealkylation sites (tertiary alicyclic amines) is 1. The fourth-order valence-corrected chi connectivity index (χ4v) is 3.12. The van der Waals surface area contributed by atoms with Gasteiger partial charge in [-0.05, 0) is 43.3 Å². The lowest BCUT2D eigenvalue weighted by Gasteiger charge is -2.44. The summed E-state index contributed by atoms with van der Waals surface area (Å²) in [5, 5.41) is 5.36. The van der Waals surface area contributed by atoms with E-state index < -0.39 is 34.7 Å². The minimum absolute atomic E-state index is 0.0975. The van der Waals surface area contributed by atoms with E-state index in [1.165, 1.54) is 17.0 Å². The molecule has 1 amide bonds. The highest BCUT2D eigenvalue weighted by atomic mass is 19.2. The molecule has 0 atom stereocenters. The lowest BCUT2D eigenvalue weighted by Crippen LogP contribution is -2.64. The van der Waals surface area contributed by atoms with Gasteiger partial charge in [0.2, 0.25) is 0 Å². The number of nitrogens with zero attached hydrogens (tertiary/aromatic N) is 1. The fraction of sp³-hybridized carbons (Fsp3) is 0.350. The van der Waals surface area contributed by atoms with E-state index in [0.717, 1.165) is 12.1 Å². The number of alkyl halides is 1. The second-order valence-corrected chi connectivity index (χ2v) is 6.98. The van der Waals surface area contributed by atoms with Crippen molar-refractivity contribution in [3.63, 3.8) is 0 Å². The highest BCUT2D eigenvalue weighted by molar-refractivity contribution is 6.01. The predicted molar refractivity (Wildman–Crippen MR) is 99.1 cm³/mol. The summed E-state index contributed by atoms with van der Waals surface area (Å²) in [5.74, 6) is -3.80. The van der Waals surface area contributed by atoms with Crippen LogP contribution in [-0.2, 0) is 0 Å². The molecule has 150 valence electrons. The number of halogens is 4. The largest absolute Gasteiger partial charge is 0.350 e. The van der Waals surface area contributed by atoms with Crippen molar-refractivity contribution < 1.29 is 22.4 Å². The molecule has 2 aromatic carbocycles. The minimum atomic E-state index is -1.55. The average Bonchev–Trinajstić information content (AvgIpc) is 2.63. The Kier molecular flexibility index (Phi) is 5.60. The van der Waals surface area contributed by atoms with Gasteiger partial charge < -0.3 is 15.5 Å². The van der Waals surface area contributed by atoms with Gasteiger partial charge in [-0.15, -0.1) is 0 Å². The van der Waals surface area contributed by atoms with Crippen LogP contribution in [0.5, 0.6) is 0 Å². The molecule has 4 nitrogen and oxygen atoms in total. The number of benzene rings is 2. The molecule has 0 unspecified atom stereocenters. The summed E-state index contributed by atoms with van der Waals surface area (Å²) in [5.41, 5.74) is -1.67. The standard InChI is InChI=1S/C20H21F4N3O/c1-3-25-9-20(24)10-27(11-20)19(28)13-5-6-14(21)17(23)18(13)26-16-7-4-12(2)8-15(16)22/h4-8,25-26H,3,9-11H2,1-2H3. The Labute approximate surface area is 160 Å². The fourth-order valence-electron chi connectivity index (χ4n) is 3.12. The van der Waals surface area contributed by atoms with Crippen molar-refractivity contribution in [3.8, 4) is 0 Å². The summed E-state index contributed by atoms with van der Waals surface area (Å²) in [7, 11) is 0. The van der Waals surface area contributed by atoms with Crippen LogP contribution >= 0.6 is 0 Å². The number of anilines is 2. The molecule has 1 heterocycles. The normalized spacial score (nSPS) is 15.3. The maximum atomic E-state index is 14.4. The number of rotatable bonds is 6. The predicted octanol–water partition coefficient (Wildman–Crippen LogP) is 3.93. The third-order valence-corrected chi connectivity index (χ3v) is 4.64. The third-order valence-electron chi connectivity index (χ3n) is 4.64. The molecule has 8 heteroatoms. The quantitative estimate of drug-likeness (QED) is 0.729. The number of hydrogen-bond donors (Lipinski definition) is 2. The van der Waals surface area contributed by atoms with Gasteiger partial charge in [0.15, 0.2) is 17.3 Å². The van der Waals surface area contributed by atoms with E-state index in [2.05, 4.69) is 10.6 Å². The first-order valence-electron chi connectivity index (χ1n) is 8.94. The van der Waals surface area contributed by atoms with Gasteiger partial charge in [0.1, 0.15) is 5.82 Å². The van der Waals surface area contributed by atoms with Crippen LogP contribution in [0.15, 0.2) is 30.3 Å². The van der Waals surface area contributed by atoms with Crippen LogP contribution in [0.3, 0.4) is 0 Å². The van der Waals surface area contributed by atoms with Gasteiger partial charge in [-0.2, -0.15) is 0 Å². The second kappa shape index (κ2) is 7.79. The Balaban J connectivity index is 1.86. The van der Waals surface area contributed by atoms with Crippen molar-refractivity contribution in [2.24, 2.45) is 0 Å². The molecule has 1 saturated heterocycles. The van der Waals surface area contributed by atoms with Gasteiger partial charge >= 0.3 is 0 Å². The van der Waals surface area contributed by atoms with Gasteiger partial charge in [-0.1, -0.05) is 13.0 Å². The molecular weight excluding hydrogens is 374 g/mol. The molecule has 2 N–H and O–H groups in total. The first-order chi connectivity index (χ1) is 13.2. The molecule has 0 aromatic heterocycles. The van der Waals surface area contributed by atoms with Crippen molar-refractivity contribution in [3.05, 3.63) is 58.9 Å². The van der Waals surface area contributed by atoms with E-state index in [-0.39, 0.29) is 30.9 Å². The zero-order valence-electron chi connectivity index (χ0n) is 15.6. The molecule has 28 heavy (non-hydrogen) atoms. The van der Waals surface area contributed by atoms with E-state index in [4.69, 9.17) is 0 Å². The Hall–Kier alpha value is -2.61. The molecule has 1 aliphatic rings. The zero-order chi connectivity index (χ0) is 20.5. The van der Waals surface area contributed by atoms with Crippen LogP contribution in [0.25, 0.3) is 0 Å². The molecule has 0 saturated carbocycles. The average molecular weight is 395 g/mol. The number of nitrogens with one attached hydrogen (secondary N) is 2. The zero-order valence-corrected chi connectivity index (χ0v) is 15.6. The third kappa shape index (κ3) is 3.96. The molecule has 1 aliphatic heterocycles.